The lowest BCUT2D eigenvalue weighted by Crippen LogP contribution is -2.50. The lowest BCUT2D eigenvalue weighted by atomic mass is 9.52. The first kappa shape index (κ1) is 46.9. The van der Waals surface area contributed by atoms with E-state index in [1.165, 1.54) is 88.6 Å². The highest BCUT2D eigenvalue weighted by Gasteiger charge is 2.59. The minimum absolute atomic E-state index is 0.108. The molecule has 4 saturated carbocycles. The molecule has 0 spiro atoms. The summed E-state index contributed by atoms with van der Waals surface area (Å²) in [4.78, 5) is 24.1. The van der Waals surface area contributed by atoms with E-state index in [0.29, 0.717) is 64.7 Å². The maximum absolute atomic E-state index is 12.1. The molecule has 67 heavy (non-hydrogen) atoms. The standard InChI is InChI=1S/C21H30O2.C21H26O.C20H24O2/c1-12-4-6-15-14(10-12)5-7-16-18-9-8-17(13(2)22)21(18,3)11-19(23)20(15)16;1-13-4-6-16-15(12-13)5-7-18-17(16)10-11-21(3)19(14(2)22)8-9-20(18)21;1-12(21)18-7-8-19-17-5-3-13-11-14(22)4-6-15(13)16(17)9-10-20(18,19)2/h4,6,10,13,16-20,22-23H,5,7-9,11H2,1-3H3;4,6,10,12,18-20H,5,7-9,11H2,1-3H3;4,6,9,11,17-19,22H,3,5,7-8,10H2,1-2H3/t13?,16?,17?,18?,19-,20?,21-;18?,19?,20?,21-;17?,18?,19?,20-/m111/s1. The first-order valence-corrected chi connectivity index (χ1v) is 26.7. The minimum atomic E-state index is -0.262. The molecule has 0 heterocycles. The van der Waals surface area contributed by atoms with Crippen molar-refractivity contribution in [2.24, 2.45) is 69.5 Å². The van der Waals surface area contributed by atoms with Crippen LogP contribution < -0.4 is 0 Å². The smallest absolute Gasteiger partial charge is 0.133 e. The summed E-state index contributed by atoms with van der Waals surface area (Å²) >= 11 is 0. The monoisotopic (exact) mass is 905 g/mol. The summed E-state index contributed by atoms with van der Waals surface area (Å²) in [6.07, 6.45) is 21.3. The van der Waals surface area contributed by atoms with Crippen molar-refractivity contribution in [3.8, 4) is 5.75 Å². The van der Waals surface area contributed by atoms with Crippen LogP contribution in [0.3, 0.4) is 0 Å². The molecule has 0 radical (unpaired) electrons. The first-order valence-electron chi connectivity index (χ1n) is 26.7. The molecular weight excluding hydrogens is 825 g/mol. The van der Waals surface area contributed by atoms with Gasteiger partial charge in [0.25, 0.3) is 0 Å². The molecule has 15 atom stereocenters. The van der Waals surface area contributed by atoms with Crippen LogP contribution in [0.5, 0.6) is 5.75 Å². The number of aryl methyl sites for hydroxylation is 5. The van der Waals surface area contributed by atoms with Gasteiger partial charge in [-0.15, -0.1) is 0 Å². The molecule has 3 aromatic carbocycles. The van der Waals surface area contributed by atoms with E-state index in [4.69, 9.17) is 0 Å². The van der Waals surface area contributed by atoms with E-state index in [9.17, 15) is 24.9 Å². The first-order chi connectivity index (χ1) is 31.9. The Balaban J connectivity index is 0.000000118. The van der Waals surface area contributed by atoms with Gasteiger partial charge < -0.3 is 15.3 Å². The number of phenols is 1. The molecule has 3 N–H and O–H groups in total. The lowest BCUT2D eigenvalue weighted by molar-refractivity contribution is -0.125. The third-order valence-corrected chi connectivity index (χ3v) is 21.0. The number of aliphatic hydroxyl groups is 2. The zero-order chi connectivity index (χ0) is 47.3. The number of ketones is 2. The highest BCUT2D eigenvalue weighted by Crippen LogP contribution is 2.65. The number of rotatable bonds is 3. The number of allylic oxidation sites excluding steroid dienone is 4. The zero-order valence-corrected chi connectivity index (χ0v) is 42.0. The topological polar surface area (TPSA) is 94.8 Å². The quantitative estimate of drug-likeness (QED) is 0.243. The van der Waals surface area contributed by atoms with E-state index in [-0.39, 0.29) is 40.3 Å². The Morgan fingerprint density at radius 1 is 0.612 bits per heavy atom. The second-order valence-corrected chi connectivity index (χ2v) is 24.5. The predicted molar refractivity (Wildman–Crippen MR) is 270 cm³/mol. The number of carbonyl (C=O) groups is 2. The van der Waals surface area contributed by atoms with Crippen LogP contribution in [0.2, 0.25) is 0 Å². The van der Waals surface area contributed by atoms with Gasteiger partial charge in [0.2, 0.25) is 0 Å². The van der Waals surface area contributed by atoms with E-state index in [1.54, 1.807) is 19.4 Å². The molecule has 9 aliphatic carbocycles. The highest BCUT2D eigenvalue weighted by atomic mass is 16.3. The van der Waals surface area contributed by atoms with E-state index >= 15 is 0 Å². The van der Waals surface area contributed by atoms with Crippen LogP contribution >= 0.6 is 0 Å². The fourth-order valence-corrected chi connectivity index (χ4v) is 18.0. The summed E-state index contributed by atoms with van der Waals surface area (Å²) in [5.74, 6) is 6.22. The summed E-state index contributed by atoms with van der Waals surface area (Å²) < 4.78 is 0. The third-order valence-electron chi connectivity index (χ3n) is 21.0. The Morgan fingerprint density at radius 2 is 1.12 bits per heavy atom. The van der Waals surface area contributed by atoms with Crippen molar-refractivity contribution >= 4 is 22.7 Å². The molecule has 0 aliphatic heterocycles. The molecule has 5 heteroatoms. The fourth-order valence-electron chi connectivity index (χ4n) is 18.0. The van der Waals surface area contributed by atoms with Crippen molar-refractivity contribution in [1.29, 1.82) is 0 Å². The van der Waals surface area contributed by atoms with Crippen LogP contribution in [0.25, 0.3) is 11.1 Å². The van der Waals surface area contributed by atoms with Crippen molar-refractivity contribution in [1.82, 2.24) is 0 Å². The van der Waals surface area contributed by atoms with Gasteiger partial charge in [0.05, 0.1) is 12.2 Å². The van der Waals surface area contributed by atoms with E-state index < -0.39 is 0 Å². The van der Waals surface area contributed by atoms with Gasteiger partial charge in [-0.2, -0.15) is 0 Å². The van der Waals surface area contributed by atoms with Gasteiger partial charge in [-0.25, -0.2) is 0 Å². The minimum Gasteiger partial charge on any atom is -0.508 e. The molecule has 9 aliphatic rings. The predicted octanol–water partition coefficient (Wildman–Crippen LogP) is 13.1. The molecule has 4 fully saturated rings. The molecule has 3 aromatic rings. The van der Waals surface area contributed by atoms with Gasteiger partial charge >= 0.3 is 0 Å². The van der Waals surface area contributed by atoms with Crippen LogP contribution in [0.1, 0.15) is 169 Å². The zero-order valence-electron chi connectivity index (χ0n) is 42.0. The SMILES string of the molecule is CC(=O)C1CCC2C3CCc4cc(C)ccc4C3=CC[C@]12C.CC(=O)C1CCC2C3CCc4cc(O)ccc4C3=CC[C@]12C.Cc1ccc2c(c1)CCC1C2[C@H](O)C[C@]2(C)C(C(C)O)CCC12. The van der Waals surface area contributed by atoms with Crippen LogP contribution in [-0.2, 0) is 28.9 Å². The van der Waals surface area contributed by atoms with Crippen molar-refractivity contribution in [3.63, 3.8) is 0 Å². The van der Waals surface area contributed by atoms with Crippen molar-refractivity contribution in [2.45, 2.75) is 170 Å². The number of phenolic OH excluding ortho intramolecular Hbond substituents is 1. The molecule has 0 saturated heterocycles. The summed E-state index contributed by atoms with van der Waals surface area (Å²) in [6, 6.07) is 19.6. The number of aliphatic hydroxyl groups excluding tert-OH is 2. The van der Waals surface area contributed by atoms with Gasteiger partial charge in [-0.3, -0.25) is 9.59 Å². The number of hydrogen-bond acceptors (Lipinski definition) is 5. The van der Waals surface area contributed by atoms with Gasteiger partial charge in [0.1, 0.15) is 17.3 Å². The molecule has 0 bridgehead atoms. The molecular formula is C62H80O5. The van der Waals surface area contributed by atoms with Gasteiger partial charge in [-0.1, -0.05) is 86.5 Å². The van der Waals surface area contributed by atoms with E-state index in [1.807, 2.05) is 19.1 Å². The van der Waals surface area contributed by atoms with Crippen molar-refractivity contribution in [2.75, 3.05) is 0 Å². The van der Waals surface area contributed by atoms with E-state index in [2.05, 4.69) is 89.2 Å². The van der Waals surface area contributed by atoms with Crippen LogP contribution in [-0.4, -0.2) is 39.1 Å². The Hall–Kier alpha value is -3.80. The maximum Gasteiger partial charge on any atom is 0.133 e. The molecule has 5 nitrogen and oxygen atoms in total. The summed E-state index contributed by atoms with van der Waals surface area (Å²) in [7, 11) is 0. The number of fused-ring (bicyclic) bond motifs is 15. The van der Waals surface area contributed by atoms with Gasteiger partial charge in [0, 0.05) is 17.8 Å². The summed E-state index contributed by atoms with van der Waals surface area (Å²) in [5, 5.41) is 31.0. The normalized spacial score (nSPS) is 38.6. The molecule has 12 rings (SSSR count). The molecule has 11 unspecified atom stereocenters. The van der Waals surface area contributed by atoms with Crippen molar-refractivity contribution in [3.05, 3.63) is 111 Å². The Kier molecular flexibility index (Phi) is 12.3. The average molecular weight is 905 g/mol. The Morgan fingerprint density at radius 3 is 1.69 bits per heavy atom. The molecule has 358 valence electrons. The van der Waals surface area contributed by atoms with Crippen LogP contribution in [0.4, 0.5) is 0 Å². The average Bonchev–Trinajstić information content (AvgIpc) is 3.96. The fraction of sp³-hybridized carbons (Fsp3) is 0.613. The molecule has 0 aromatic heterocycles. The van der Waals surface area contributed by atoms with Crippen LogP contribution in [0.15, 0.2) is 66.7 Å². The molecule has 0 amide bonds. The number of hydrogen-bond donors (Lipinski definition) is 3. The van der Waals surface area contributed by atoms with Crippen LogP contribution in [0, 0.1) is 83.4 Å². The van der Waals surface area contributed by atoms with Gasteiger partial charge in [0.15, 0.2) is 0 Å². The summed E-state index contributed by atoms with van der Waals surface area (Å²) in [5.41, 5.74) is 14.8. The Labute approximate surface area is 402 Å². The largest absolute Gasteiger partial charge is 0.508 e. The Bertz CT molecular complexity index is 2370. The number of Topliss-reactive ketones (excluding diaryl/α,β-unsaturated/α-hetero) is 2. The number of carbonyl (C=O) groups excluding carboxylic acids is 2. The lowest BCUT2D eigenvalue weighted by Gasteiger charge is -2.53. The second-order valence-electron chi connectivity index (χ2n) is 24.5. The van der Waals surface area contributed by atoms with Gasteiger partial charge in [-0.05, 0) is 245 Å². The number of benzene rings is 3. The number of aromatic hydroxyl groups is 1. The highest BCUT2D eigenvalue weighted by molar-refractivity contribution is 5.82. The second kappa shape index (κ2) is 17.6. The summed E-state index contributed by atoms with van der Waals surface area (Å²) in [6.45, 7) is 16.9. The maximum atomic E-state index is 12.1. The third kappa shape index (κ3) is 7.78. The van der Waals surface area contributed by atoms with Crippen molar-refractivity contribution < 1.29 is 24.9 Å². The van der Waals surface area contributed by atoms with E-state index in [0.717, 1.165) is 57.8 Å².